The zero-order valence-electron chi connectivity index (χ0n) is 13.1. The van der Waals surface area contributed by atoms with Crippen LogP contribution in [0.15, 0.2) is 60.7 Å². The van der Waals surface area contributed by atoms with Gasteiger partial charge in [0.05, 0.1) is 11.5 Å². The third-order valence-corrected chi connectivity index (χ3v) is 4.95. The molecule has 2 nitrogen and oxygen atoms in total. The number of Topliss-reactive ketones (excluding diaryl/α,β-unsaturated/α-hetero) is 1. The SMILES string of the molecule is CC(=O)[C@@H]1[C@@H](c2ccccc2)[C@H](c2ccccc2)C[C@]1(C)O. The van der Waals surface area contributed by atoms with Crippen LogP contribution in [0.1, 0.15) is 43.2 Å². The van der Waals surface area contributed by atoms with E-state index < -0.39 is 5.60 Å². The maximum Gasteiger partial charge on any atom is 0.136 e. The van der Waals surface area contributed by atoms with Crippen LogP contribution in [0.25, 0.3) is 0 Å². The Morgan fingerprint density at radius 2 is 1.50 bits per heavy atom. The molecule has 4 atom stereocenters. The van der Waals surface area contributed by atoms with Crippen molar-refractivity contribution in [2.75, 3.05) is 0 Å². The number of carbonyl (C=O) groups excluding carboxylic acids is 1. The first-order valence-corrected chi connectivity index (χ1v) is 7.83. The highest BCUT2D eigenvalue weighted by molar-refractivity contribution is 5.81. The first-order valence-electron chi connectivity index (χ1n) is 7.83. The van der Waals surface area contributed by atoms with Gasteiger partial charge in [0.15, 0.2) is 0 Å². The van der Waals surface area contributed by atoms with Gasteiger partial charge in [-0.3, -0.25) is 4.79 Å². The van der Waals surface area contributed by atoms with Crippen molar-refractivity contribution in [3.05, 3.63) is 71.8 Å². The van der Waals surface area contributed by atoms with E-state index in [-0.39, 0.29) is 23.5 Å². The molecule has 2 aromatic rings. The Labute approximate surface area is 131 Å². The van der Waals surface area contributed by atoms with Gasteiger partial charge in [-0.1, -0.05) is 60.7 Å². The second-order valence-corrected chi connectivity index (χ2v) is 6.60. The molecule has 0 radical (unpaired) electrons. The molecule has 1 N–H and O–H groups in total. The number of ketones is 1. The van der Waals surface area contributed by atoms with Gasteiger partial charge in [-0.15, -0.1) is 0 Å². The summed E-state index contributed by atoms with van der Waals surface area (Å²) in [5.74, 6) is -0.110. The van der Waals surface area contributed by atoms with Gasteiger partial charge in [-0.2, -0.15) is 0 Å². The van der Waals surface area contributed by atoms with Gasteiger partial charge in [-0.25, -0.2) is 0 Å². The molecule has 1 fully saturated rings. The van der Waals surface area contributed by atoms with Crippen LogP contribution in [0, 0.1) is 5.92 Å². The summed E-state index contributed by atoms with van der Waals surface area (Å²) >= 11 is 0. The normalized spacial score (nSPS) is 31.1. The molecule has 0 aromatic heterocycles. The highest BCUT2D eigenvalue weighted by atomic mass is 16.3. The minimum atomic E-state index is -0.965. The van der Waals surface area contributed by atoms with E-state index in [0.29, 0.717) is 6.42 Å². The molecule has 114 valence electrons. The first-order chi connectivity index (χ1) is 10.5. The number of hydrogen-bond donors (Lipinski definition) is 1. The molecule has 1 aliphatic carbocycles. The monoisotopic (exact) mass is 294 g/mol. The standard InChI is InChI=1S/C20H22O2/c1-14(21)19-18(16-11-7-4-8-12-16)17(13-20(19,2)22)15-9-5-3-6-10-15/h3-12,17-19,22H,13H2,1-2H3/t17-,18-,19+,20-/m0/s1. The van der Waals surface area contributed by atoms with Gasteiger partial charge in [-0.05, 0) is 37.3 Å². The van der Waals surface area contributed by atoms with E-state index in [1.807, 2.05) is 36.4 Å². The quantitative estimate of drug-likeness (QED) is 0.931. The molecule has 2 aromatic carbocycles. The van der Waals surface area contributed by atoms with Crippen LogP contribution in [0.5, 0.6) is 0 Å². The molecule has 0 saturated heterocycles. The summed E-state index contributed by atoms with van der Waals surface area (Å²) in [4.78, 5) is 12.3. The molecule has 0 bridgehead atoms. The predicted octanol–water partition coefficient (Wildman–Crippen LogP) is 3.91. The zero-order chi connectivity index (χ0) is 15.7. The first kappa shape index (κ1) is 15.0. The molecule has 3 rings (SSSR count). The van der Waals surface area contributed by atoms with Crippen LogP contribution in [0.4, 0.5) is 0 Å². The van der Waals surface area contributed by atoms with Crippen molar-refractivity contribution in [3.8, 4) is 0 Å². The van der Waals surface area contributed by atoms with Crippen molar-refractivity contribution in [2.24, 2.45) is 5.92 Å². The molecule has 1 saturated carbocycles. The average Bonchev–Trinajstić information content (AvgIpc) is 2.80. The number of hydrogen-bond acceptors (Lipinski definition) is 2. The van der Waals surface area contributed by atoms with Crippen molar-refractivity contribution in [1.29, 1.82) is 0 Å². The van der Waals surface area contributed by atoms with Gasteiger partial charge >= 0.3 is 0 Å². The average molecular weight is 294 g/mol. The maximum absolute atomic E-state index is 12.3. The predicted molar refractivity (Wildman–Crippen MR) is 87.8 cm³/mol. The Morgan fingerprint density at radius 1 is 1.00 bits per heavy atom. The van der Waals surface area contributed by atoms with Crippen LogP contribution in [-0.4, -0.2) is 16.5 Å². The largest absolute Gasteiger partial charge is 0.389 e. The smallest absolute Gasteiger partial charge is 0.136 e. The van der Waals surface area contributed by atoms with Gasteiger partial charge in [0.25, 0.3) is 0 Å². The van der Waals surface area contributed by atoms with Gasteiger partial charge in [0.1, 0.15) is 5.78 Å². The summed E-state index contributed by atoms with van der Waals surface area (Å²) in [6.07, 6.45) is 0.612. The van der Waals surface area contributed by atoms with Crippen molar-refractivity contribution >= 4 is 5.78 Å². The zero-order valence-corrected chi connectivity index (χ0v) is 13.1. The molecule has 0 spiro atoms. The second-order valence-electron chi connectivity index (χ2n) is 6.60. The Hall–Kier alpha value is -1.93. The van der Waals surface area contributed by atoms with Crippen LogP contribution in [0.2, 0.25) is 0 Å². The summed E-state index contributed by atoms with van der Waals surface area (Å²) in [5, 5.41) is 10.9. The fraction of sp³-hybridized carbons (Fsp3) is 0.350. The molecule has 2 heteroatoms. The number of rotatable bonds is 3. The topological polar surface area (TPSA) is 37.3 Å². The van der Waals surface area contributed by atoms with Gasteiger partial charge in [0.2, 0.25) is 0 Å². The van der Waals surface area contributed by atoms with Crippen molar-refractivity contribution < 1.29 is 9.90 Å². The van der Waals surface area contributed by atoms with E-state index in [1.165, 1.54) is 5.56 Å². The molecule has 0 aliphatic heterocycles. The van der Waals surface area contributed by atoms with Crippen molar-refractivity contribution in [1.82, 2.24) is 0 Å². The maximum atomic E-state index is 12.3. The van der Waals surface area contributed by atoms with E-state index >= 15 is 0 Å². The van der Waals surface area contributed by atoms with Gasteiger partial charge in [0, 0.05) is 5.92 Å². The third-order valence-electron chi connectivity index (χ3n) is 4.95. The fourth-order valence-corrected chi connectivity index (χ4v) is 4.13. The number of benzene rings is 2. The molecular formula is C20H22O2. The Bertz CT molecular complexity index is 646. The van der Waals surface area contributed by atoms with Crippen molar-refractivity contribution in [3.63, 3.8) is 0 Å². The minimum absolute atomic E-state index is 0.0242. The summed E-state index contributed by atoms with van der Waals surface area (Å²) in [6.45, 7) is 3.40. The molecule has 0 unspecified atom stereocenters. The number of carbonyl (C=O) groups is 1. The van der Waals surface area contributed by atoms with Crippen molar-refractivity contribution in [2.45, 2.75) is 37.7 Å². The summed E-state index contributed by atoms with van der Waals surface area (Å²) < 4.78 is 0. The lowest BCUT2D eigenvalue weighted by atomic mass is 9.77. The highest BCUT2D eigenvalue weighted by Crippen LogP contribution is 2.54. The molecular weight excluding hydrogens is 272 g/mol. The lowest BCUT2D eigenvalue weighted by Gasteiger charge is -2.28. The molecule has 1 aliphatic rings. The lowest BCUT2D eigenvalue weighted by molar-refractivity contribution is -0.127. The Morgan fingerprint density at radius 3 is 2.00 bits per heavy atom. The fourth-order valence-electron chi connectivity index (χ4n) is 4.13. The van der Waals surface area contributed by atoms with E-state index in [4.69, 9.17) is 0 Å². The molecule has 0 heterocycles. The summed E-state index contributed by atoms with van der Waals surface area (Å²) in [6, 6.07) is 20.4. The Balaban J connectivity index is 2.11. The second kappa shape index (κ2) is 5.69. The summed E-state index contributed by atoms with van der Waals surface area (Å²) in [5.41, 5.74) is 1.36. The van der Waals surface area contributed by atoms with Crippen LogP contribution < -0.4 is 0 Å². The van der Waals surface area contributed by atoms with E-state index in [2.05, 4.69) is 24.3 Å². The van der Waals surface area contributed by atoms with E-state index in [9.17, 15) is 9.90 Å². The minimum Gasteiger partial charge on any atom is -0.389 e. The summed E-state index contributed by atoms with van der Waals surface area (Å²) in [7, 11) is 0. The molecule has 0 amide bonds. The number of aliphatic hydroxyl groups is 1. The van der Waals surface area contributed by atoms with Gasteiger partial charge < -0.3 is 5.11 Å². The Kier molecular flexibility index (Phi) is 3.88. The van der Waals surface area contributed by atoms with E-state index in [0.717, 1.165) is 5.56 Å². The third kappa shape index (κ3) is 2.59. The van der Waals surface area contributed by atoms with E-state index in [1.54, 1.807) is 13.8 Å². The van der Waals surface area contributed by atoms with Crippen LogP contribution in [0.3, 0.4) is 0 Å². The highest BCUT2D eigenvalue weighted by Gasteiger charge is 2.52. The lowest BCUT2D eigenvalue weighted by Crippen LogP contribution is -2.36. The van der Waals surface area contributed by atoms with Crippen LogP contribution in [-0.2, 0) is 4.79 Å². The van der Waals surface area contributed by atoms with Crippen LogP contribution >= 0.6 is 0 Å². The molecule has 22 heavy (non-hydrogen) atoms.